The van der Waals surface area contributed by atoms with Crippen molar-refractivity contribution in [2.24, 2.45) is 0 Å². The monoisotopic (exact) mass is 351 g/mol. The van der Waals surface area contributed by atoms with Gasteiger partial charge in [0.1, 0.15) is 17.3 Å². The van der Waals surface area contributed by atoms with Crippen LogP contribution >= 0.6 is 15.9 Å². The van der Waals surface area contributed by atoms with Crippen LogP contribution < -0.4 is 5.32 Å². The highest BCUT2D eigenvalue weighted by Gasteiger charge is 2.11. The molecule has 0 bridgehead atoms. The fraction of sp³-hybridized carbons (Fsp3) is 0.133. The molecule has 0 aliphatic rings. The van der Waals surface area contributed by atoms with Crippen molar-refractivity contribution >= 4 is 27.3 Å². The van der Waals surface area contributed by atoms with Crippen LogP contribution in [0.1, 0.15) is 11.4 Å². The van der Waals surface area contributed by atoms with Crippen molar-refractivity contribution in [2.75, 3.05) is 5.32 Å². The van der Waals surface area contributed by atoms with Gasteiger partial charge in [-0.1, -0.05) is 6.07 Å². The van der Waals surface area contributed by atoms with Gasteiger partial charge < -0.3 is 9.72 Å². The van der Waals surface area contributed by atoms with Gasteiger partial charge in [0, 0.05) is 12.3 Å². The number of halogens is 3. The van der Waals surface area contributed by atoms with Crippen LogP contribution in [0.5, 0.6) is 0 Å². The van der Waals surface area contributed by atoms with Crippen molar-refractivity contribution in [1.82, 2.24) is 9.38 Å². The number of hydrogen-bond acceptors (Lipinski definition) is 2. The highest BCUT2D eigenvalue weighted by atomic mass is 79.9. The predicted molar refractivity (Wildman–Crippen MR) is 81.3 cm³/mol. The Morgan fingerprint density at radius 3 is 2.86 bits per heavy atom. The molecule has 2 aromatic heterocycles. The summed E-state index contributed by atoms with van der Waals surface area (Å²) < 4.78 is 29.3. The Hall–Kier alpha value is -1.95. The number of aryl methyl sites for hydroxylation is 1. The zero-order chi connectivity index (χ0) is 15.0. The minimum atomic E-state index is -0.506. The molecule has 3 nitrogen and oxygen atoms in total. The second-order valence-corrected chi connectivity index (χ2v) is 5.53. The number of imidazole rings is 1. The molecule has 0 amide bonds. The molecule has 2 heterocycles. The van der Waals surface area contributed by atoms with E-state index < -0.39 is 11.6 Å². The van der Waals surface area contributed by atoms with Gasteiger partial charge in [-0.3, -0.25) is 0 Å². The molecular weight excluding hydrogens is 340 g/mol. The maximum absolute atomic E-state index is 13.8. The highest BCUT2D eigenvalue weighted by molar-refractivity contribution is 9.10. The van der Waals surface area contributed by atoms with E-state index >= 15 is 0 Å². The largest absolute Gasteiger partial charge is 0.377 e. The zero-order valence-electron chi connectivity index (χ0n) is 11.2. The number of anilines is 1. The van der Waals surface area contributed by atoms with E-state index in [1.807, 2.05) is 35.7 Å². The van der Waals surface area contributed by atoms with E-state index in [4.69, 9.17) is 0 Å². The van der Waals surface area contributed by atoms with Crippen molar-refractivity contribution < 1.29 is 8.78 Å². The standard InChI is InChI=1S/C15H12BrF2N3/c1-9-14(21-5-3-2-4-15(21)20-9)8-19-13-7-11(17)10(16)6-12(13)18/h2-7,19H,8H2,1H3. The van der Waals surface area contributed by atoms with Crippen LogP contribution in [0.3, 0.4) is 0 Å². The number of fused-ring (bicyclic) bond motifs is 1. The fourth-order valence-corrected chi connectivity index (χ4v) is 2.53. The second kappa shape index (κ2) is 5.44. The number of aromatic nitrogens is 2. The molecular formula is C15H12BrF2N3. The fourth-order valence-electron chi connectivity index (χ4n) is 2.21. The number of rotatable bonds is 3. The molecule has 108 valence electrons. The highest BCUT2D eigenvalue weighted by Crippen LogP contribution is 2.24. The lowest BCUT2D eigenvalue weighted by Gasteiger charge is -2.09. The molecule has 1 N–H and O–H groups in total. The van der Waals surface area contributed by atoms with Gasteiger partial charge in [-0.25, -0.2) is 13.8 Å². The smallest absolute Gasteiger partial charge is 0.147 e. The van der Waals surface area contributed by atoms with E-state index in [1.165, 1.54) is 0 Å². The van der Waals surface area contributed by atoms with Crippen LogP contribution in [0.25, 0.3) is 5.65 Å². The summed E-state index contributed by atoms with van der Waals surface area (Å²) in [5, 5.41) is 2.92. The van der Waals surface area contributed by atoms with Crippen molar-refractivity contribution in [3.05, 3.63) is 64.0 Å². The van der Waals surface area contributed by atoms with Crippen molar-refractivity contribution in [3.8, 4) is 0 Å². The first-order valence-corrected chi connectivity index (χ1v) is 7.16. The van der Waals surface area contributed by atoms with Crippen molar-refractivity contribution in [2.45, 2.75) is 13.5 Å². The summed E-state index contributed by atoms with van der Waals surface area (Å²) in [6, 6.07) is 7.95. The van der Waals surface area contributed by atoms with Crippen LogP contribution in [-0.2, 0) is 6.54 Å². The minimum absolute atomic E-state index is 0.108. The average molecular weight is 352 g/mol. The van der Waals surface area contributed by atoms with Crippen LogP contribution in [0.4, 0.5) is 14.5 Å². The lowest BCUT2D eigenvalue weighted by Crippen LogP contribution is -2.06. The van der Waals surface area contributed by atoms with Gasteiger partial charge in [0.2, 0.25) is 0 Å². The topological polar surface area (TPSA) is 29.3 Å². The minimum Gasteiger partial charge on any atom is -0.377 e. The SMILES string of the molecule is Cc1nc2ccccn2c1CNc1cc(F)c(Br)cc1F. The number of nitrogens with one attached hydrogen (secondary N) is 1. The molecule has 3 rings (SSSR count). The quantitative estimate of drug-likeness (QED) is 0.713. The summed E-state index contributed by atoms with van der Waals surface area (Å²) in [5.41, 5.74) is 2.72. The number of benzene rings is 1. The zero-order valence-corrected chi connectivity index (χ0v) is 12.8. The Labute approximate surface area is 128 Å². The molecule has 21 heavy (non-hydrogen) atoms. The molecule has 0 aliphatic heterocycles. The molecule has 0 unspecified atom stereocenters. The summed E-state index contributed by atoms with van der Waals surface area (Å²) >= 11 is 2.96. The lowest BCUT2D eigenvalue weighted by atomic mass is 10.2. The van der Waals surface area contributed by atoms with Crippen LogP contribution in [0, 0.1) is 18.6 Å². The Morgan fingerprint density at radius 1 is 1.24 bits per heavy atom. The Morgan fingerprint density at radius 2 is 2.05 bits per heavy atom. The van der Waals surface area contributed by atoms with Crippen LogP contribution in [0.15, 0.2) is 41.0 Å². The molecule has 0 saturated heterocycles. The molecule has 3 aromatic rings. The summed E-state index contributed by atoms with van der Waals surface area (Å²) in [7, 11) is 0. The molecule has 0 radical (unpaired) electrons. The van der Waals surface area contributed by atoms with Crippen molar-refractivity contribution in [1.29, 1.82) is 0 Å². The normalized spacial score (nSPS) is 11.0. The van der Waals surface area contributed by atoms with E-state index in [-0.39, 0.29) is 10.2 Å². The first kappa shape index (κ1) is 14.0. The Bertz CT molecular complexity index is 814. The lowest BCUT2D eigenvalue weighted by molar-refractivity contribution is 0.596. The molecule has 0 fully saturated rings. The van der Waals surface area contributed by atoms with Gasteiger partial charge in [-0.05, 0) is 41.1 Å². The molecule has 0 aliphatic carbocycles. The molecule has 0 saturated carbocycles. The van der Waals surface area contributed by atoms with Gasteiger partial charge in [-0.15, -0.1) is 0 Å². The van der Waals surface area contributed by atoms with Gasteiger partial charge in [0.05, 0.1) is 28.1 Å². The van der Waals surface area contributed by atoms with Crippen LogP contribution in [-0.4, -0.2) is 9.38 Å². The summed E-state index contributed by atoms with van der Waals surface area (Å²) in [4.78, 5) is 4.43. The first-order valence-electron chi connectivity index (χ1n) is 6.37. The van der Waals surface area contributed by atoms with E-state index in [1.54, 1.807) is 0 Å². The number of hydrogen-bond donors (Lipinski definition) is 1. The third kappa shape index (κ3) is 2.63. The molecule has 1 aromatic carbocycles. The average Bonchev–Trinajstić information content (AvgIpc) is 2.77. The predicted octanol–water partition coefficient (Wildman–Crippen LogP) is 4.30. The first-order chi connectivity index (χ1) is 10.1. The Balaban J connectivity index is 1.90. The maximum atomic E-state index is 13.8. The van der Waals surface area contributed by atoms with E-state index in [9.17, 15) is 8.78 Å². The number of nitrogens with zero attached hydrogens (tertiary/aromatic N) is 2. The molecule has 0 spiro atoms. The third-order valence-corrected chi connectivity index (χ3v) is 3.89. The van der Waals surface area contributed by atoms with Crippen LogP contribution in [0.2, 0.25) is 0 Å². The Kier molecular flexibility index (Phi) is 3.63. The van der Waals surface area contributed by atoms with Gasteiger partial charge in [0.25, 0.3) is 0 Å². The second-order valence-electron chi connectivity index (χ2n) is 4.67. The van der Waals surface area contributed by atoms with Gasteiger partial charge >= 0.3 is 0 Å². The molecule has 6 heteroatoms. The van der Waals surface area contributed by atoms with Crippen molar-refractivity contribution in [3.63, 3.8) is 0 Å². The summed E-state index contributed by atoms with van der Waals surface area (Å²) in [6.07, 6.45) is 1.89. The van der Waals surface area contributed by atoms with Gasteiger partial charge in [0.15, 0.2) is 0 Å². The molecule has 0 atom stereocenters. The van der Waals surface area contributed by atoms with E-state index in [0.717, 1.165) is 29.2 Å². The summed E-state index contributed by atoms with van der Waals surface area (Å²) in [6.45, 7) is 2.25. The van der Waals surface area contributed by atoms with Gasteiger partial charge in [-0.2, -0.15) is 0 Å². The number of pyridine rings is 1. The summed E-state index contributed by atoms with van der Waals surface area (Å²) in [5.74, 6) is -1.01. The third-order valence-electron chi connectivity index (χ3n) is 3.29. The maximum Gasteiger partial charge on any atom is 0.147 e. The van der Waals surface area contributed by atoms with E-state index in [2.05, 4.69) is 26.2 Å². The van der Waals surface area contributed by atoms with E-state index in [0.29, 0.717) is 6.54 Å².